The van der Waals surface area contributed by atoms with Crippen molar-refractivity contribution in [3.05, 3.63) is 24.3 Å². The number of unbranched alkanes of at least 4 members (excludes halogenated alkanes) is 52. The highest BCUT2D eigenvalue weighted by atomic mass is 16.6. The predicted octanol–water partition coefficient (Wildman–Crippen LogP) is 24.6. The first-order chi connectivity index (χ1) is 39.0. The van der Waals surface area contributed by atoms with E-state index in [2.05, 4.69) is 45.1 Å². The first kappa shape index (κ1) is 76.9. The van der Waals surface area contributed by atoms with E-state index in [9.17, 15) is 14.4 Å². The second-order valence-corrected chi connectivity index (χ2v) is 24.5. The van der Waals surface area contributed by atoms with E-state index in [1.807, 2.05) is 0 Å². The Kier molecular flexibility index (Phi) is 66.6. The van der Waals surface area contributed by atoms with Crippen LogP contribution in [0.3, 0.4) is 0 Å². The first-order valence-electron chi connectivity index (χ1n) is 35.8. The number of carbonyl (C=O) groups excluding carboxylic acids is 3. The van der Waals surface area contributed by atoms with Crippen molar-refractivity contribution in [2.75, 3.05) is 13.2 Å². The van der Waals surface area contributed by atoms with Gasteiger partial charge in [-0.2, -0.15) is 0 Å². The van der Waals surface area contributed by atoms with Crippen molar-refractivity contribution in [2.24, 2.45) is 0 Å². The van der Waals surface area contributed by atoms with Crippen LogP contribution in [0.25, 0.3) is 0 Å². The van der Waals surface area contributed by atoms with E-state index in [4.69, 9.17) is 14.2 Å². The molecule has 6 heteroatoms. The van der Waals surface area contributed by atoms with Crippen LogP contribution in [0.5, 0.6) is 0 Å². The molecule has 0 aliphatic carbocycles. The third kappa shape index (κ3) is 66.6. The molecule has 0 aliphatic rings. The summed E-state index contributed by atoms with van der Waals surface area (Å²) in [5.74, 6) is -0.857. The molecule has 0 aliphatic heterocycles. The van der Waals surface area contributed by atoms with Gasteiger partial charge in [-0.05, 0) is 70.6 Å². The molecule has 79 heavy (non-hydrogen) atoms. The summed E-state index contributed by atoms with van der Waals surface area (Å²) in [7, 11) is 0. The molecule has 0 spiro atoms. The Balaban J connectivity index is 4.11. The minimum atomic E-state index is -0.775. The van der Waals surface area contributed by atoms with Gasteiger partial charge in [0, 0.05) is 19.3 Å². The molecule has 0 N–H and O–H groups in total. The topological polar surface area (TPSA) is 78.9 Å². The van der Waals surface area contributed by atoms with Gasteiger partial charge in [0.05, 0.1) is 0 Å². The molecule has 0 bridgehead atoms. The third-order valence-corrected chi connectivity index (χ3v) is 16.4. The van der Waals surface area contributed by atoms with Gasteiger partial charge in [-0.1, -0.05) is 340 Å². The van der Waals surface area contributed by atoms with Crippen LogP contribution >= 0.6 is 0 Å². The Labute approximate surface area is 493 Å². The first-order valence-corrected chi connectivity index (χ1v) is 35.8. The summed E-state index contributed by atoms with van der Waals surface area (Å²) in [6.07, 6.45) is 83.7. The van der Waals surface area contributed by atoms with Gasteiger partial charge in [0.25, 0.3) is 0 Å². The molecule has 0 heterocycles. The number of hydrogen-bond donors (Lipinski definition) is 0. The van der Waals surface area contributed by atoms with Crippen LogP contribution in [0.2, 0.25) is 0 Å². The molecule has 1 atom stereocenters. The lowest BCUT2D eigenvalue weighted by molar-refractivity contribution is -0.167. The Hall–Kier alpha value is -2.11. The average Bonchev–Trinajstić information content (AvgIpc) is 3.45. The van der Waals surface area contributed by atoms with Crippen molar-refractivity contribution in [1.82, 2.24) is 0 Å². The maximum atomic E-state index is 12.9. The zero-order valence-corrected chi connectivity index (χ0v) is 53.7. The van der Waals surface area contributed by atoms with E-state index in [1.54, 1.807) is 0 Å². The van der Waals surface area contributed by atoms with Gasteiger partial charge in [-0.15, -0.1) is 0 Å². The highest BCUT2D eigenvalue weighted by molar-refractivity contribution is 5.71. The van der Waals surface area contributed by atoms with Crippen LogP contribution in [0.15, 0.2) is 24.3 Å². The molecule has 0 saturated heterocycles. The van der Waals surface area contributed by atoms with Crippen LogP contribution in [-0.2, 0) is 28.6 Å². The molecular formula is C73H138O6. The largest absolute Gasteiger partial charge is 0.462 e. The molecule has 0 rings (SSSR count). The monoisotopic (exact) mass is 1110 g/mol. The summed E-state index contributed by atoms with van der Waals surface area (Å²) in [4.78, 5) is 38.3. The maximum absolute atomic E-state index is 12.9. The highest BCUT2D eigenvalue weighted by Gasteiger charge is 2.19. The fourth-order valence-electron chi connectivity index (χ4n) is 11.0. The van der Waals surface area contributed by atoms with Crippen molar-refractivity contribution in [2.45, 2.75) is 412 Å². The number of allylic oxidation sites excluding steroid dienone is 4. The van der Waals surface area contributed by atoms with Crippen molar-refractivity contribution < 1.29 is 28.6 Å². The quantitative estimate of drug-likeness (QED) is 0.0261. The molecule has 0 saturated carbocycles. The molecule has 0 aromatic carbocycles. The Bertz CT molecular complexity index is 1270. The van der Waals surface area contributed by atoms with E-state index in [-0.39, 0.29) is 31.1 Å². The second-order valence-electron chi connectivity index (χ2n) is 24.5. The van der Waals surface area contributed by atoms with E-state index in [1.165, 1.54) is 302 Å². The number of esters is 3. The normalized spacial score (nSPS) is 12.1. The summed E-state index contributed by atoms with van der Waals surface area (Å²) in [5, 5.41) is 0. The number of carbonyl (C=O) groups is 3. The summed E-state index contributed by atoms with van der Waals surface area (Å²) in [6.45, 7) is 6.68. The lowest BCUT2D eigenvalue weighted by Crippen LogP contribution is -2.30. The smallest absolute Gasteiger partial charge is 0.306 e. The van der Waals surface area contributed by atoms with Gasteiger partial charge < -0.3 is 14.2 Å². The number of rotatable bonds is 67. The van der Waals surface area contributed by atoms with Crippen molar-refractivity contribution in [1.29, 1.82) is 0 Å². The van der Waals surface area contributed by atoms with Gasteiger partial charge in [0.1, 0.15) is 13.2 Å². The Morgan fingerprint density at radius 1 is 0.241 bits per heavy atom. The lowest BCUT2D eigenvalue weighted by Gasteiger charge is -2.18. The molecule has 0 aromatic rings. The van der Waals surface area contributed by atoms with Gasteiger partial charge in [-0.25, -0.2) is 0 Å². The summed E-state index contributed by atoms with van der Waals surface area (Å²) >= 11 is 0. The third-order valence-electron chi connectivity index (χ3n) is 16.4. The Morgan fingerprint density at radius 3 is 0.658 bits per heavy atom. The standard InChI is InChI=1S/C73H138O6/c1-4-7-10-13-16-19-22-25-27-29-31-32-33-34-35-36-37-38-39-40-41-42-43-45-46-48-51-54-57-60-63-66-72(75)78-69-70(68-77-71(74)65-62-59-56-53-50-24-21-18-15-12-9-6-3)79-73(76)67-64-61-58-55-52-49-47-44-30-28-26-23-20-17-14-11-8-5-2/h18,21,28,30,70H,4-17,19-20,22-27,29,31-69H2,1-3H3/b21-18-,30-28-. The zero-order chi connectivity index (χ0) is 57.1. The summed E-state index contributed by atoms with van der Waals surface area (Å²) < 4.78 is 17.0. The average molecular weight is 1110 g/mol. The van der Waals surface area contributed by atoms with Crippen molar-refractivity contribution in [3.63, 3.8) is 0 Å². The van der Waals surface area contributed by atoms with Crippen LogP contribution in [-0.4, -0.2) is 37.2 Å². The number of hydrogen-bond acceptors (Lipinski definition) is 6. The van der Waals surface area contributed by atoms with Crippen LogP contribution in [0, 0.1) is 0 Å². The molecule has 6 nitrogen and oxygen atoms in total. The predicted molar refractivity (Wildman–Crippen MR) is 344 cm³/mol. The minimum Gasteiger partial charge on any atom is -0.462 e. The SMILES string of the molecule is CCCCC/C=C\CCCCCCCC(=O)OCC(COC(=O)CCCCCCCCCCCCCCCCCCCCCCCCCCCCCCCCC)OC(=O)CCCCCCCCC/C=C\CCCCCCCCC. The van der Waals surface area contributed by atoms with Crippen LogP contribution < -0.4 is 0 Å². The summed E-state index contributed by atoms with van der Waals surface area (Å²) in [5.41, 5.74) is 0. The fraction of sp³-hybridized carbons (Fsp3) is 0.904. The van der Waals surface area contributed by atoms with Gasteiger partial charge in [0.2, 0.25) is 0 Å². The van der Waals surface area contributed by atoms with Gasteiger partial charge in [-0.3, -0.25) is 14.4 Å². The minimum absolute atomic E-state index is 0.0706. The van der Waals surface area contributed by atoms with E-state index < -0.39 is 6.10 Å². The lowest BCUT2D eigenvalue weighted by atomic mass is 10.0. The van der Waals surface area contributed by atoms with Crippen molar-refractivity contribution in [3.8, 4) is 0 Å². The van der Waals surface area contributed by atoms with Gasteiger partial charge >= 0.3 is 17.9 Å². The molecule has 0 radical (unpaired) electrons. The molecule has 466 valence electrons. The van der Waals surface area contributed by atoms with E-state index in [0.717, 1.165) is 64.2 Å². The summed E-state index contributed by atoms with van der Waals surface area (Å²) in [6, 6.07) is 0. The molecular weight excluding hydrogens is 973 g/mol. The maximum Gasteiger partial charge on any atom is 0.306 e. The Morgan fingerprint density at radius 2 is 0.418 bits per heavy atom. The van der Waals surface area contributed by atoms with E-state index >= 15 is 0 Å². The molecule has 0 aromatic heterocycles. The van der Waals surface area contributed by atoms with E-state index in [0.29, 0.717) is 19.3 Å². The van der Waals surface area contributed by atoms with Crippen molar-refractivity contribution >= 4 is 17.9 Å². The van der Waals surface area contributed by atoms with Gasteiger partial charge in [0.15, 0.2) is 6.10 Å². The zero-order valence-electron chi connectivity index (χ0n) is 53.7. The molecule has 1 unspecified atom stereocenters. The molecule has 0 fully saturated rings. The number of ether oxygens (including phenoxy) is 3. The second kappa shape index (κ2) is 68.4. The van der Waals surface area contributed by atoms with Crippen LogP contribution in [0.1, 0.15) is 406 Å². The fourth-order valence-corrected chi connectivity index (χ4v) is 11.0. The van der Waals surface area contributed by atoms with Crippen LogP contribution in [0.4, 0.5) is 0 Å². The highest BCUT2D eigenvalue weighted by Crippen LogP contribution is 2.19. The molecule has 0 amide bonds.